The second kappa shape index (κ2) is 5.78. The molecule has 1 aromatic carbocycles. The highest BCUT2D eigenvalue weighted by molar-refractivity contribution is 8.93. The maximum absolute atomic E-state index is 5.85. The van der Waals surface area contributed by atoms with Crippen LogP contribution in [0.1, 0.15) is 17.5 Å². The number of hydrogen-bond acceptors (Lipinski definition) is 1. The first-order valence-corrected chi connectivity index (χ1v) is 4.18. The van der Waals surface area contributed by atoms with Gasteiger partial charge in [0.25, 0.3) is 0 Å². The zero-order valence-electron chi connectivity index (χ0n) is 7.40. The predicted molar refractivity (Wildman–Crippen MR) is 67.1 cm³/mol. The summed E-state index contributed by atoms with van der Waals surface area (Å²) >= 11 is 0. The molecule has 74 valence electrons. The molecule has 0 radical (unpaired) electrons. The van der Waals surface area contributed by atoms with E-state index in [1.807, 2.05) is 0 Å². The average molecular weight is 309 g/mol. The van der Waals surface area contributed by atoms with Gasteiger partial charge in [-0.15, -0.1) is 34.0 Å². The fourth-order valence-electron chi connectivity index (χ4n) is 1.73. The molecular weight excluding hydrogens is 294 g/mol. The van der Waals surface area contributed by atoms with Crippen LogP contribution in [0.25, 0.3) is 0 Å². The van der Waals surface area contributed by atoms with Crippen molar-refractivity contribution in [2.24, 2.45) is 5.73 Å². The molecule has 0 bridgehead atoms. The Morgan fingerprint density at radius 3 is 2.38 bits per heavy atom. The zero-order valence-corrected chi connectivity index (χ0v) is 10.8. The molecule has 2 rings (SSSR count). The molecule has 1 nitrogen and oxygen atoms in total. The van der Waals surface area contributed by atoms with Crippen LogP contribution in [0.15, 0.2) is 24.3 Å². The zero-order chi connectivity index (χ0) is 7.68. The standard InChI is InChI=1S/C10H13N.2BrH/c11-10-6-5-8-3-1-2-4-9(8)7-10;;/h1-4,10H,5-7,11H2;2*1H. The van der Waals surface area contributed by atoms with E-state index < -0.39 is 0 Å². The van der Waals surface area contributed by atoms with E-state index in [4.69, 9.17) is 5.73 Å². The summed E-state index contributed by atoms with van der Waals surface area (Å²) in [4.78, 5) is 0. The lowest BCUT2D eigenvalue weighted by atomic mass is 9.89. The monoisotopic (exact) mass is 307 g/mol. The molecule has 3 heteroatoms. The Hall–Kier alpha value is 0.140. The Labute approximate surface area is 100 Å². The molecule has 0 saturated heterocycles. The summed E-state index contributed by atoms with van der Waals surface area (Å²) in [5, 5.41) is 0. The molecule has 1 aromatic rings. The first-order valence-electron chi connectivity index (χ1n) is 4.18. The summed E-state index contributed by atoms with van der Waals surface area (Å²) < 4.78 is 0. The second-order valence-corrected chi connectivity index (χ2v) is 3.27. The van der Waals surface area contributed by atoms with Crippen molar-refractivity contribution in [2.45, 2.75) is 25.3 Å². The fourth-order valence-corrected chi connectivity index (χ4v) is 1.73. The molecule has 0 fully saturated rings. The molecule has 0 saturated carbocycles. The van der Waals surface area contributed by atoms with Crippen molar-refractivity contribution in [3.63, 3.8) is 0 Å². The topological polar surface area (TPSA) is 26.0 Å². The van der Waals surface area contributed by atoms with E-state index in [2.05, 4.69) is 24.3 Å². The first-order chi connectivity index (χ1) is 5.36. The molecular formula is C10H15Br2N. The van der Waals surface area contributed by atoms with Gasteiger partial charge in [0.05, 0.1) is 0 Å². The highest BCUT2D eigenvalue weighted by Crippen LogP contribution is 2.19. The Bertz CT molecular complexity index is 263. The largest absolute Gasteiger partial charge is 0.327 e. The van der Waals surface area contributed by atoms with Gasteiger partial charge in [-0.1, -0.05) is 24.3 Å². The quantitative estimate of drug-likeness (QED) is 0.783. The number of hydrogen-bond donors (Lipinski definition) is 1. The van der Waals surface area contributed by atoms with E-state index in [0.717, 1.165) is 19.3 Å². The van der Waals surface area contributed by atoms with Gasteiger partial charge >= 0.3 is 0 Å². The molecule has 1 aliphatic rings. The molecule has 1 atom stereocenters. The lowest BCUT2D eigenvalue weighted by Crippen LogP contribution is -2.27. The van der Waals surface area contributed by atoms with Crippen molar-refractivity contribution in [2.75, 3.05) is 0 Å². The Morgan fingerprint density at radius 1 is 1.08 bits per heavy atom. The maximum Gasteiger partial charge on any atom is 0.00825 e. The van der Waals surface area contributed by atoms with Crippen molar-refractivity contribution in [3.05, 3.63) is 35.4 Å². The first kappa shape index (κ1) is 13.1. The van der Waals surface area contributed by atoms with Gasteiger partial charge < -0.3 is 5.73 Å². The Kier molecular flexibility index (Phi) is 5.85. The fraction of sp³-hybridized carbons (Fsp3) is 0.400. The van der Waals surface area contributed by atoms with Gasteiger partial charge in [-0.05, 0) is 30.4 Å². The van der Waals surface area contributed by atoms with E-state index >= 15 is 0 Å². The lowest BCUT2D eigenvalue weighted by Gasteiger charge is -2.20. The molecule has 1 unspecified atom stereocenters. The summed E-state index contributed by atoms with van der Waals surface area (Å²) in [6.45, 7) is 0. The van der Waals surface area contributed by atoms with E-state index in [9.17, 15) is 0 Å². The van der Waals surface area contributed by atoms with Gasteiger partial charge in [0.1, 0.15) is 0 Å². The molecule has 0 aliphatic heterocycles. The van der Waals surface area contributed by atoms with E-state index in [0.29, 0.717) is 6.04 Å². The lowest BCUT2D eigenvalue weighted by molar-refractivity contribution is 0.576. The van der Waals surface area contributed by atoms with Crippen molar-refractivity contribution in [1.82, 2.24) is 0 Å². The van der Waals surface area contributed by atoms with Crippen LogP contribution in [-0.4, -0.2) is 6.04 Å². The molecule has 0 spiro atoms. The highest BCUT2D eigenvalue weighted by Gasteiger charge is 2.13. The number of benzene rings is 1. The van der Waals surface area contributed by atoms with Crippen molar-refractivity contribution >= 4 is 34.0 Å². The van der Waals surface area contributed by atoms with Crippen molar-refractivity contribution in [3.8, 4) is 0 Å². The minimum Gasteiger partial charge on any atom is -0.327 e. The molecule has 13 heavy (non-hydrogen) atoms. The van der Waals surface area contributed by atoms with E-state index in [1.165, 1.54) is 11.1 Å². The average Bonchev–Trinajstić information content (AvgIpc) is 2.04. The molecule has 0 amide bonds. The minimum atomic E-state index is 0. The summed E-state index contributed by atoms with van der Waals surface area (Å²) in [5.74, 6) is 0. The van der Waals surface area contributed by atoms with Gasteiger partial charge in [0.15, 0.2) is 0 Å². The Balaban J connectivity index is 0.000000720. The van der Waals surface area contributed by atoms with Gasteiger partial charge in [0.2, 0.25) is 0 Å². The third-order valence-electron chi connectivity index (χ3n) is 2.38. The maximum atomic E-state index is 5.85. The third-order valence-corrected chi connectivity index (χ3v) is 2.38. The molecule has 0 heterocycles. The number of fused-ring (bicyclic) bond motifs is 1. The van der Waals surface area contributed by atoms with E-state index in [-0.39, 0.29) is 34.0 Å². The SMILES string of the molecule is Br.Br.NC1CCc2ccccc2C1. The minimum absolute atomic E-state index is 0. The predicted octanol–water partition coefficient (Wildman–Crippen LogP) is 2.66. The van der Waals surface area contributed by atoms with Gasteiger partial charge in [-0.25, -0.2) is 0 Å². The van der Waals surface area contributed by atoms with Crippen LogP contribution >= 0.6 is 34.0 Å². The van der Waals surface area contributed by atoms with Gasteiger partial charge in [-0.3, -0.25) is 0 Å². The van der Waals surface area contributed by atoms with Crippen LogP contribution in [0.2, 0.25) is 0 Å². The van der Waals surface area contributed by atoms with Crippen LogP contribution in [0, 0.1) is 0 Å². The van der Waals surface area contributed by atoms with Crippen LogP contribution in [0.5, 0.6) is 0 Å². The van der Waals surface area contributed by atoms with Gasteiger partial charge in [0, 0.05) is 6.04 Å². The third kappa shape index (κ3) is 3.08. The smallest absolute Gasteiger partial charge is 0.00825 e. The number of aryl methyl sites for hydroxylation is 1. The number of nitrogens with two attached hydrogens (primary N) is 1. The Morgan fingerprint density at radius 2 is 1.69 bits per heavy atom. The van der Waals surface area contributed by atoms with Crippen LogP contribution in [0.4, 0.5) is 0 Å². The highest BCUT2D eigenvalue weighted by atomic mass is 79.9. The normalized spacial score (nSPS) is 19.3. The van der Waals surface area contributed by atoms with E-state index in [1.54, 1.807) is 0 Å². The van der Waals surface area contributed by atoms with Crippen LogP contribution in [-0.2, 0) is 12.8 Å². The summed E-state index contributed by atoms with van der Waals surface area (Å²) in [5.41, 5.74) is 8.79. The second-order valence-electron chi connectivity index (χ2n) is 3.27. The van der Waals surface area contributed by atoms with Crippen molar-refractivity contribution in [1.29, 1.82) is 0 Å². The number of halogens is 2. The van der Waals surface area contributed by atoms with Gasteiger partial charge in [-0.2, -0.15) is 0 Å². The summed E-state index contributed by atoms with van der Waals surface area (Å²) in [7, 11) is 0. The van der Waals surface area contributed by atoms with Crippen molar-refractivity contribution < 1.29 is 0 Å². The molecule has 2 N–H and O–H groups in total. The summed E-state index contributed by atoms with van der Waals surface area (Å²) in [6.07, 6.45) is 3.38. The molecule has 1 aliphatic carbocycles. The van der Waals surface area contributed by atoms with Crippen LogP contribution in [0.3, 0.4) is 0 Å². The molecule has 0 aromatic heterocycles. The summed E-state index contributed by atoms with van der Waals surface area (Å²) in [6, 6.07) is 8.99. The van der Waals surface area contributed by atoms with Crippen LogP contribution < -0.4 is 5.73 Å². The number of rotatable bonds is 0.